The second kappa shape index (κ2) is 10.1. The van der Waals surface area contributed by atoms with E-state index in [0.717, 1.165) is 29.6 Å². The zero-order valence-corrected chi connectivity index (χ0v) is 20.7. The van der Waals surface area contributed by atoms with E-state index in [2.05, 4.69) is 0 Å². The fraction of sp³-hybridized carbons (Fsp3) is 0.423. The number of nitrogens with zero attached hydrogens (tertiary/aromatic N) is 1. The highest BCUT2D eigenvalue weighted by Crippen LogP contribution is 2.43. The topological polar surface area (TPSA) is 38.8 Å². The Morgan fingerprint density at radius 1 is 1.00 bits per heavy atom. The van der Waals surface area contributed by atoms with Crippen molar-refractivity contribution >= 4 is 23.3 Å². The van der Waals surface area contributed by atoms with Gasteiger partial charge in [0, 0.05) is 17.1 Å². The molecule has 0 aromatic heterocycles. The van der Waals surface area contributed by atoms with Crippen LogP contribution >= 0.6 is 11.6 Å². The molecule has 1 aliphatic carbocycles. The summed E-state index contributed by atoms with van der Waals surface area (Å²) in [4.78, 5) is 14.2. The van der Waals surface area contributed by atoms with Crippen LogP contribution in [0.2, 0.25) is 5.02 Å². The third-order valence-electron chi connectivity index (χ3n) is 6.76. The number of allylic oxidation sites excluding steroid dienone is 1. The number of ether oxygens (including phenoxy) is 2. The highest BCUT2D eigenvalue weighted by Gasteiger charge is 2.43. The number of carbonyl (C=O) groups excluding carboxylic acids is 1. The Balaban J connectivity index is 1.69. The quantitative estimate of drug-likeness (QED) is 0.353. The van der Waals surface area contributed by atoms with Crippen molar-refractivity contribution in [2.75, 3.05) is 13.7 Å². The average Bonchev–Trinajstić information content (AvgIpc) is 3.11. The van der Waals surface area contributed by atoms with E-state index < -0.39 is 41.7 Å². The molecule has 1 aliphatic heterocycles. The van der Waals surface area contributed by atoms with Gasteiger partial charge in [-0.2, -0.15) is 26.3 Å². The average molecular weight is 548 g/mol. The molecule has 1 saturated heterocycles. The van der Waals surface area contributed by atoms with Crippen LogP contribution in [0.5, 0.6) is 5.75 Å². The lowest BCUT2D eigenvalue weighted by Gasteiger charge is -2.27. The summed E-state index contributed by atoms with van der Waals surface area (Å²) in [7, 11) is 1.53. The second-order valence-electron chi connectivity index (χ2n) is 9.15. The van der Waals surface area contributed by atoms with E-state index in [1.807, 2.05) is 0 Å². The monoisotopic (exact) mass is 547 g/mol. The lowest BCUT2D eigenvalue weighted by atomic mass is 9.86. The fourth-order valence-corrected chi connectivity index (χ4v) is 5.06. The molecule has 2 aromatic rings. The summed E-state index contributed by atoms with van der Waals surface area (Å²) in [6.45, 7) is 1.67. The smallest absolute Gasteiger partial charge is 0.416 e. The lowest BCUT2D eigenvalue weighted by Crippen LogP contribution is -2.34. The molecule has 0 N–H and O–H groups in total. The maximum atomic E-state index is 13.4. The van der Waals surface area contributed by atoms with Crippen molar-refractivity contribution in [2.45, 2.75) is 57.1 Å². The Morgan fingerprint density at radius 3 is 2.22 bits per heavy atom. The number of amides is 1. The van der Waals surface area contributed by atoms with E-state index in [-0.39, 0.29) is 18.2 Å². The molecule has 0 radical (unpaired) electrons. The third kappa shape index (κ3) is 5.68. The summed E-state index contributed by atoms with van der Waals surface area (Å²) in [5.74, 6) is 0.609. The van der Waals surface area contributed by atoms with Gasteiger partial charge < -0.3 is 9.47 Å². The van der Waals surface area contributed by atoms with E-state index in [9.17, 15) is 31.1 Å². The van der Waals surface area contributed by atoms with Gasteiger partial charge in [0.05, 0.1) is 24.3 Å². The Kier molecular flexibility index (Phi) is 7.43. The molecule has 200 valence electrons. The van der Waals surface area contributed by atoms with E-state index in [1.165, 1.54) is 12.0 Å². The molecule has 2 aromatic carbocycles. The summed E-state index contributed by atoms with van der Waals surface area (Å²) in [6, 6.07) is 5.67. The number of hydrogen-bond acceptors (Lipinski definition) is 3. The zero-order valence-electron chi connectivity index (χ0n) is 20.0. The first kappa shape index (κ1) is 27.2. The number of rotatable bonds is 5. The standard InChI is InChI=1S/C26H24ClF6NO3/c1-14-23(16-9-17(25(28,29)30)11-18(10-16)26(31,32)33)37-24(35)34(14)13-15-5-3-4-6-20(15)21-12-19(27)7-8-22(21)36-2/h7-12,14,23H,3-6,13H2,1-2H3. The van der Waals surface area contributed by atoms with Crippen molar-refractivity contribution in [1.29, 1.82) is 0 Å². The molecule has 37 heavy (non-hydrogen) atoms. The molecule has 0 bridgehead atoms. The third-order valence-corrected chi connectivity index (χ3v) is 7.00. The predicted octanol–water partition coefficient (Wildman–Crippen LogP) is 8.30. The van der Waals surface area contributed by atoms with Crippen LogP contribution in [0, 0.1) is 0 Å². The summed E-state index contributed by atoms with van der Waals surface area (Å²) >= 11 is 6.21. The minimum absolute atomic E-state index is 0.0558. The van der Waals surface area contributed by atoms with Crippen LogP contribution in [0.15, 0.2) is 42.0 Å². The minimum Gasteiger partial charge on any atom is -0.496 e. The van der Waals surface area contributed by atoms with Crippen LogP contribution in [-0.2, 0) is 17.1 Å². The normalized spacial score (nSPS) is 20.9. The van der Waals surface area contributed by atoms with E-state index in [0.29, 0.717) is 35.7 Å². The van der Waals surface area contributed by atoms with Gasteiger partial charge in [-0.1, -0.05) is 11.6 Å². The summed E-state index contributed by atoms with van der Waals surface area (Å²) in [6.07, 6.45) is -8.97. The number of benzene rings is 2. The molecule has 11 heteroatoms. The summed E-state index contributed by atoms with van der Waals surface area (Å²) < 4.78 is 91.0. The Hall–Kier alpha value is -2.88. The number of carbonyl (C=O) groups is 1. The van der Waals surface area contributed by atoms with Crippen molar-refractivity contribution in [3.8, 4) is 5.75 Å². The van der Waals surface area contributed by atoms with Gasteiger partial charge in [0.15, 0.2) is 0 Å². The Bertz CT molecular complexity index is 1190. The molecular weight excluding hydrogens is 524 g/mol. The van der Waals surface area contributed by atoms with E-state index >= 15 is 0 Å². The molecule has 2 aliphatic rings. The summed E-state index contributed by atoms with van der Waals surface area (Å²) in [5, 5.41) is 0.507. The molecule has 0 spiro atoms. The van der Waals surface area contributed by atoms with Gasteiger partial charge in [-0.05, 0) is 85.7 Å². The SMILES string of the molecule is COc1ccc(Cl)cc1C1=C(CN2C(=O)OC(c3cc(C(F)(F)F)cc(C(F)(F)F)c3)C2C)CCCC1. The predicted molar refractivity (Wildman–Crippen MR) is 125 cm³/mol. The maximum absolute atomic E-state index is 13.4. The van der Waals surface area contributed by atoms with Gasteiger partial charge in [-0.25, -0.2) is 4.79 Å². The van der Waals surface area contributed by atoms with Gasteiger partial charge in [0.25, 0.3) is 0 Å². The van der Waals surface area contributed by atoms with Gasteiger partial charge >= 0.3 is 18.4 Å². The maximum Gasteiger partial charge on any atom is 0.416 e. The second-order valence-corrected chi connectivity index (χ2v) is 9.58. The van der Waals surface area contributed by atoms with E-state index in [1.54, 1.807) is 25.1 Å². The van der Waals surface area contributed by atoms with Crippen molar-refractivity contribution in [3.05, 3.63) is 69.2 Å². The zero-order chi connectivity index (χ0) is 27.1. The van der Waals surface area contributed by atoms with Crippen LogP contribution in [0.4, 0.5) is 31.1 Å². The largest absolute Gasteiger partial charge is 0.496 e. The minimum atomic E-state index is -5.00. The molecule has 0 saturated carbocycles. The fourth-order valence-electron chi connectivity index (χ4n) is 4.89. The van der Waals surface area contributed by atoms with Crippen LogP contribution in [0.3, 0.4) is 0 Å². The molecule has 4 nitrogen and oxygen atoms in total. The van der Waals surface area contributed by atoms with Crippen molar-refractivity contribution in [2.24, 2.45) is 0 Å². The Morgan fingerprint density at radius 2 is 1.62 bits per heavy atom. The number of cyclic esters (lactones) is 1. The van der Waals surface area contributed by atoms with Gasteiger partial charge in [0.2, 0.25) is 0 Å². The first-order chi connectivity index (χ1) is 17.3. The molecule has 1 fully saturated rings. The van der Waals surface area contributed by atoms with Crippen LogP contribution in [0.25, 0.3) is 5.57 Å². The number of alkyl halides is 6. The van der Waals surface area contributed by atoms with Crippen LogP contribution in [-0.4, -0.2) is 30.7 Å². The molecule has 2 unspecified atom stereocenters. The Labute approximate surface area is 214 Å². The van der Waals surface area contributed by atoms with Crippen molar-refractivity contribution in [1.82, 2.24) is 4.90 Å². The highest BCUT2D eigenvalue weighted by molar-refractivity contribution is 6.30. The molecule has 2 atom stereocenters. The van der Waals surface area contributed by atoms with Gasteiger partial charge in [-0.15, -0.1) is 0 Å². The molecule has 4 rings (SSSR count). The highest BCUT2D eigenvalue weighted by atomic mass is 35.5. The van der Waals surface area contributed by atoms with Gasteiger partial charge in [-0.3, -0.25) is 4.90 Å². The number of hydrogen-bond donors (Lipinski definition) is 0. The molecule has 1 heterocycles. The molecular formula is C26H24ClF6NO3. The van der Waals surface area contributed by atoms with Crippen LogP contribution < -0.4 is 4.74 Å². The van der Waals surface area contributed by atoms with E-state index in [4.69, 9.17) is 21.1 Å². The first-order valence-electron chi connectivity index (χ1n) is 11.6. The van der Waals surface area contributed by atoms with Crippen LogP contribution in [0.1, 0.15) is 61.0 Å². The first-order valence-corrected chi connectivity index (χ1v) is 12.0. The lowest BCUT2D eigenvalue weighted by molar-refractivity contribution is -0.143. The molecule has 1 amide bonds. The van der Waals surface area contributed by atoms with Crippen molar-refractivity contribution < 1.29 is 40.6 Å². The van der Waals surface area contributed by atoms with Crippen molar-refractivity contribution in [3.63, 3.8) is 0 Å². The van der Waals surface area contributed by atoms with Gasteiger partial charge in [0.1, 0.15) is 11.9 Å². The number of halogens is 7. The number of methoxy groups -OCH3 is 1. The summed E-state index contributed by atoms with van der Waals surface area (Å²) in [5.41, 5.74) is -0.619.